The van der Waals surface area contributed by atoms with E-state index in [0.717, 1.165) is 12.8 Å². The Bertz CT molecular complexity index is 422. The van der Waals surface area contributed by atoms with Gasteiger partial charge in [-0.25, -0.2) is 0 Å². The van der Waals surface area contributed by atoms with Crippen LogP contribution in [0.5, 0.6) is 0 Å². The highest BCUT2D eigenvalue weighted by molar-refractivity contribution is 6.43. The van der Waals surface area contributed by atoms with E-state index in [1.54, 1.807) is 6.08 Å². The van der Waals surface area contributed by atoms with Gasteiger partial charge in [-0.05, 0) is 18.9 Å². The SMILES string of the molecule is CCCCCCCCCCCCCCCCOC1C=C(Cl)C(=O)C(CCC)O1. The van der Waals surface area contributed by atoms with Crippen LogP contribution in [0.4, 0.5) is 0 Å². The fraction of sp³-hybridized carbons (Fsp3) is 0.875. The average molecular weight is 415 g/mol. The lowest BCUT2D eigenvalue weighted by atomic mass is 10.0. The molecule has 0 N–H and O–H groups in total. The Morgan fingerprint density at radius 1 is 0.821 bits per heavy atom. The molecule has 28 heavy (non-hydrogen) atoms. The Morgan fingerprint density at radius 2 is 1.32 bits per heavy atom. The Balaban J connectivity index is 1.89. The minimum Gasteiger partial charge on any atom is -0.349 e. The summed E-state index contributed by atoms with van der Waals surface area (Å²) in [6, 6.07) is 0. The van der Waals surface area contributed by atoms with Crippen LogP contribution in [0, 0.1) is 0 Å². The van der Waals surface area contributed by atoms with Crippen LogP contribution < -0.4 is 0 Å². The first-order valence-electron chi connectivity index (χ1n) is 11.9. The van der Waals surface area contributed by atoms with Gasteiger partial charge in [0.25, 0.3) is 0 Å². The predicted molar refractivity (Wildman–Crippen MR) is 119 cm³/mol. The maximum Gasteiger partial charge on any atom is 0.202 e. The van der Waals surface area contributed by atoms with Gasteiger partial charge in [-0.3, -0.25) is 4.79 Å². The van der Waals surface area contributed by atoms with Crippen LogP contribution >= 0.6 is 11.6 Å². The summed E-state index contributed by atoms with van der Waals surface area (Å²) in [6.45, 7) is 4.97. The second kappa shape index (κ2) is 17.5. The van der Waals surface area contributed by atoms with Crippen LogP contribution in [0.2, 0.25) is 0 Å². The van der Waals surface area contributed by atoms with Gasteiger partial charge in [-0.2, -0.15) is 0 Å². The molecule has 0 aromatic heterocycles. The summed E-state index contributed by atoms with van der Waals surface area (Å²) in [5.74, 6) is -0.111. The van der Waals surface area contributed by atoms with Gasteiger partial charge in [0, 0.05) is 0 Å². The quantitative estimate of drug-likeness (QED) is 0.215. The van der Waals surface area contributed by atoms with Gasteiger partial charge < -0.3 is 9.47 Å². The van der Waals surface area contributed by atoms with Gasteiger partial charge in [-0.15, -0.1) is 0 Å². The normalized spacial score (nSPS) is 19.8. The topological polar surface area (TPSA) is 35.5 Å². The molecule has 2 unspecified atom stereocenters. The zero-order chi connectivity index (χ0) is 20.5. The summed E-state index contributed by atoms with van der Waals surface area (Å²) in [4.78, 5) is 11.9. The lowest BCUT2D eigenvalue weighted by molar-refractivity contribution is -0.164. The van der Waals surface area contributed by atoms with E-state index >= 15 is 0 Å². The van der Waals surface area contributed by atoms with Gasteiger partial charge in [0.1, 0.15) is 6.10 Å². The van der Waals surface area contributed by atoms with E-state index in [2.05, 4.69) is 6.92 Å². The van der Waals surface area contributed by atoms with E-state index in [9.17, 15) is 4.79 Å². The minimum atomic E-state index is -0.469. The molecular formula is C24H43ClO3. The van der Waals surface area contributed by atoms with Crippen molar-refractivity contribution in [1.29, 1.82) is 0 Å². The first-order chi connectivity index (χ1) is 13.7. The molecule has 0 saturated carbocycles. The van der Waals surface area contributed by atoms with E-state index in [4.69, 9.17) is 21.1 Å². The molecule has 1 aliphatic heterocycles. The van der Waals surface area contributed by atoms with E-state index in [-0.39, 0.29) is 10.8 Å². The van der Waals surface area contributed by atoms with Gasteiger partial charge in [0.15, 0.2) is 6.29 Å². The summed E-state index contributed by atoms with van der Waals surface area (Å²) < 4.78 is 11.4. The highest BCUT2D eigenvalue weighted by Gasteiger charge is 2.29. The number of Topliss-reactive ketones (excluding diaryl/α,β-unsaturated/α-hetero) is 1. The number of carbonyl (C=O) groups is 1. The van der Waals surface area contributed by atoms with Crippen molar-refractivity contribution in [3.05, 3.63) is 11.1 Å². The summed E-state index contributed by atoms with van der Waals surface area (Å²) >= 11 is 6.01. The van der Waals surface area contributed by atoms with Crippen molar-refractivity contribution in [3.8, 4) is 0 Å². The molecule has 1 heterocycles. The van der Waals surface area contributed by atoms with E-state index in [1.165, 1.54) is 83.5 Å². The zero-order valence-electron chi connectivity index (χ0n) is 18.4. The maximum atomic E-state index is 11.9. The van der Waals surface area contributed by atoms with Crippen LogP contribution in [-0.4, -0.2) is 24.8 Å². The smallest absolute Gasteiger partial charge is 0.202 e. The van der Waals surface area contributed by atoms with E-state index in [1.807, 2.05) is 6.92 Å². The molecular weight excluding hydrogens is 372 g/mol. The maximum absolute atomic E-state index is 11.9. The number of ether oxygens (including phenoxy) is 2. The summed E-state index contributed by atoms with van der Waals surface area (Å²) in [5, 5.41) is 0.260. The molecule has 0 bridgehead atoms. The standard InChI is InChI=1S/C24H43ClO3/c1-3-5-6-7-8-9-10-11-12-13-14-15-16-17-19-27-23-20-21(25)24(26)22(28-23)18-4-2/h20,22-23H,3-19H2,1-2H3. The number of unbranched alkanes of at least 4 members (excludes halogenated alkanes) is 13. The second-order valence-corrected chi connectivity index (χ2v) is 8.53. The molecule has 0 aromatic carbocycles. The molecule has 0 radical (unpaired) electrons. The van der Waals surface area contributed by atoms with Crippen molar-refractivity contribution >= 4 is 17.4 Å². The number of carbonyl (C=O) groups excluding carboxylic acids is 1. The van der Waals surface area contributed by atoms with Crippen LogP contribution in [0.1, 0.15) is 117 Å². The van der Waals surface area contributed by atoms with E-state index in [0.29, 0.717) is 13.0 Å². The lowest BCUT2D eigenvalue weighted by Crippen LogP contribution is -2.35. The highest BCUT2D eigenvalue weighted by Crippen LogP contribution is 2.22. The Labute approximate surface area is 178 Å². The highest BCUT2D eigenvalue weighted by atomic mass is 35.5. The minimum absolute atomic E-state index is 0.111. The summed E-state index contributed by atoms with van der Waals surface area (Å²) in [7, 11) is 0. The second-order valence-electron chi connectivity index (χ2n) is 8.13. The van der Waals surface area contributed by atoms with Crippen LogP contribution in [0.3, 0.4) is 0 Å². The predicted octanol–water partition coefficient (Wildman–Crippen LogP) is 7.70. The van der Waals surface area contributed by atoms with Crippen molar-refractivity contribution in [2.24, 2.45) is 0 Å². The third-order valence-corrected chi connectivity index (χ3v) is 5.75. The van der Waals surface area contributed by atoms with Crippen molar-refractivity contribution in [2.45, 2.75) is 129 Å². The molecule has 1 aliphatic rings. The molecule has 0 saturated heterocycles. The fourth-order valence-electron chi connectivity index (χ4n) is 3.66. The molecule has 4 heteroatoms. The lowest BCUT2D eigenvalue weighted by Gasteiger charge is -2.26. The van der Waals surface area contributed by atoms with Gasteiger partial charge >= 0.3 is 0 Å². The first kappa shape index (κ1) is 25.7. The third kappa shape index (κ3) is 12.2. The Morgan fingerprint density at radius 3 is 1.82 bits per heavy atom. The summed E-state index contributed by atoms with van der Waals surface area (Å²) in [5.41, 5.74) is 0. The molecule has 2 atom stereocenters. The van der Waals surface area contributed by atoms with Gasteiger partial charge in [-0.1, -0.05) is 115 Å². The van der Waals surface area contributed by atoms with Gasteiger partial charge in [0.2, 0.25) is 5.78 Å². The van der Waals surface area contributed by atoms with Gasteiger partial charge in [0.05, 0.1) is 11.6 Å². The number of rotatable bonds is 18. The summed E-state index contributed by atoms with van der Waals surface area (Å²) in [6.07, 6.45) is 21.1. The molecule has 0 fully saturated rings. The van der Waals surface area contributed by atoms with Crippen molar-refractivity contribution < 1.29 is 14.3 Å². The first-order valence-corrected chi connectivity index (χ1v) is 12.2. The Kier molecular flexibility index (Phi) is 16.0. The van der Waals surface area contributed by atoms with Crippen LogP contribution in [0.25, 0.3) is 0 Å². The molecule has 1 rings (SSSR count). The third-order valence-electron chi connectivity index (χ3n) is 5.44. The Hall–Kier alpha value is -0.380. The number of hydrogen-bond donors (Lipinski definition) is 0. The molecule has 3 nitrogen and oxygen atoms in total. The zero-order valence-corrected chi connectivity index (χ0v) is 19.1. The molecule has 164 valence electrons. The number of hydrogen-bond acceptors (Lipinski definition) is 3. The fourth-order valence-corrected chi connectivity index (χ4v) is 3.89. The van der Waals surface area contributed by atoms with Crippen LogP contribution in [-0.2, 0) is 14.3 Å². The van der Waals surface area contributed by atoms with E-state index < -0.39 is 12.4 Å². The molecule has 0 amide bonds. The van der Waals surface area contributed by atoms with Crippen molar-refractivity contribution in [3.63, 3.8) is 0 Å². The van der Waals surface area contributed by atoms with Crippen molar-refractivity contribution in [2.75, 3.05) is 6.61 Å². The molecule has 0 spiro atoms. The van der Waals surface area contributed by atoms with Crippen LogP contribution in [0.15, 0.2) is 11.1 Å². The number of halogens is 1. The van der Waals surface area contributed by atoms with Crippen molar-refractivity contribution in [1.82, 2.24) is 0 Å². The largest absolute Gasteiger partial charge is 0.349 e. The average Bonchev–Trinajstić information content (AvgIpc) is 2.68. The molecule has 0 aliphatic carbocycles. The monoisotopic (exact) mass is 414 g/mol. The number of ketones is 1. The molecule has 0 aromatic rings.